The van der Waals surface area contributed by atoms with Gasteiger partial charge in [-0.25, -0.2) is 17.9 Å². The van der Waals surface area contributed by atoms with E-state index in [1.807, 2.05) is 0 Å². The van der Waals surface area contributed by atoms with Crippen molar-refractivity contribution in [2.24, 2.45) is 0 Å². The predicted molar refractivity (Wildman–Crippen MR) is 80.3 cm³/mol. The Labute approximate surface area is 126 Å². The molecule has 1 aromatic carbocycles. The second-order valence-electron chi connectivity index (χ2n) is 4.60. The predicted octanol–water partition coefficient (Wildman–Crippen LogP) is 1.65. The zero-order valence-corrected chi connectivity index (χ0v) is 12.9. The molecular weight excluding hydrogens is 314 g/mol. The number of carboxylic acids is 1. The van der Waals surface area contributed by atoms with Crippen LogP contribution in [0.4, 0.5) is 0 Å². The number of hydrogen-bond acceptors (Lipinski definition) is 5. The van der Waals surface area contributed by atoms with Crippen LogP contribution in [0.2, 0.25) is 0 Å². The minimum atomic E-state index is -3.97. The Hall–Kier alpha value is -1.48. The number of carboxylic acid groups (broad SMARTS) is 1. The maximum atomic E-state index is 12.5. The van der Waals surface area contributed by atoms with Crippen molar-refractivity contribution in [2.45, 2.75) is 24.3 Å². The Morgan fingerprint density at radius 1 is 1.38 bits per heavy atom. The number of fused-ring (bicyclic) bond motifs is 1. The minimum Gasteiger partial charge on any atom is -0.477 e. The quantitative estimate of drug-likeness (QED) is 0.747. The molecule has 0 aliphatic carbocycles. The van der Waals surface area contributed by atoms with Crippen LogP contribution in [-0.2, 0) is 10.0 Å². The summed E-state index contributed by atoms with van der Waals surface area (Å²) >= 11 is 0.931. The van der Waals surface area contributed by atoms with Gasteiger partial charge in [-0.05, 0) is 19.4 Å². The lowest BCUT2D eigenvalue weighted by atomic mass is 10.2. The van der Waals surface area contributed by atoms with Crippen LogP contribution in [-0.4, -0.2) is 37.2 Å². The van der Waals surface area contributed by atoms with E-state index in [4.69, 9.17) is 5.11 Å². The molecule has 114 valence electrons. The number of benzene rings is 1. The van der Waals surface area contributed by atoms with Gasteiger partial charge in [0.1, 0.15) is 9.77 Å². The zero-order chi connectivity index (χ0) is 15.6. The molecule has 0 amide bonds. The number of aliphatic hydroxyl groups excluding tert-OH is 1. The third kappa shape index (κ3) is 3.24. The fraction of sp³-hybridized carbons (Fsp3) is 0.308. The number of aliphatic hydroxyl groups is 1. The summed E-state index contributed by atoms with van der Waals surface area (Å²) in [7, 11) is -3.97. The number of sulfonamides is 1. The number of rotatable bonds is 6. The van der Waals surface area contributed by atoms with Crippen molar-refractivity contribution in [1.29, 1.82) is 0 Å². The van der Waals surface area contributed by atoms with Crippen LogP contribution in [0.25, 0.3) is 10.1 Å². The van der Waals surface area contributed by atoms with Gasteiger partial charge in [0.05, 0.1) is 0 Å². The van der Waals surface area contributed by atoms with E-state index >= 15 is 0 Å². The average molecular weight is 329 g/mol. The SMILES string of the molecule is CC(CCO)NS(=O)(=O)c1c(C(=O)O)sc2ccccc12. The molecule has 2 aromatic rings. The summed E-state index contributed by atoms with van der Waals surface area (Å²) in [6.45, 7) is 1.46. The Morgan fingerprint density at radius 3 is 2.67 bits per heavy atom. The summed E-state index contributed by atoms with van der Waals surface area (Å²) in [5, 5.41) is 18.5. The highest BCUT2D eigenvalue weighted by molar-refractivity contribution is 7.90. The van der Waals surface area contributed by atoms with E-state index in [0.717, 1.165) is 11.3 Å². The van der Waals surface area contributed by atoms with E-state index < -0.39 is 22.0 Å². The Balaban J connectivity index is 2.58. The maximum absolute atomic E-state index is 12.5. The molecule has 0 aliphatic heterocycles. The van der Waals surface area contributed by atoms with Crippen LogP contribution >= 0.6 is 11.3 Å². The molecule has 0 saturated heterocycles. The summed E-state index contributed by atoms with van der Waals surface area (Å²) in [5.41, 5.74) is 0. The molecule has 1 heterocycles. The van der Waals surface area contributed by atoms with Crippen LogP contribution in [0.5, 0.6) is 0 Å². The van der Waals surface area contributed by atoms with Gasteiger partial charge in [-0.3, -0.25) is 0 Å². The third-order valence-electron chi connectivity index (χ3n) is 2.93. The largest absolute Gasteiger partial charge is 0.477 e. The highest BCUT2D eigenvalue weighted by Crippen LogP contribution is 2.34. The first-order valence-electron chi connectivity index (χ1n) is 6.25. The van der Waals surface area contributed by atoms with Crippen molar-refractivity contribution in [3.63, 3.8) is 0 Å². The number of nitrogens with one attached hydrogen (secondary N) is 1. The van der Waals surface area contributed by atoms with E-state index in [9.17, 15) is 18.3 Å². The lowest BCUT2D eigenvalue weighted by molar-refractivity contribution is 0.0698. The first-order valence-corrected chi connectivity index (χ1v) is 8.55. The van der Waals surface area contributed by atoms with Gasteiger partial charge in [0.25, 0.3) is 0 Å². The fourth-order valence-corrected chi connectivity index (χ4v) is 5.03. The van der Waals surface area contributed by atoms with Crippen LogP contribution < -0.4 is 4.72 Å². The van der Waals surface area contributed by atoms with Gasteiger partial charge >= 0.3 is 5.97 Å². The van der Waals surface area contributed by atoms with Crippen molar-refractivity contribution < 1.29 is 23.4 Å². The molecule has 8 heteroatoms. The topological polar surface area (TPSA) is 104 Å². The highest BCUT2D eigenvalue weighted by Gasteiger charge is 2.29. The average Bonchev–Trinajstić information content (AvgIpc) is 2.78. The van der Waals surface area contributed by atoms with Crippen molar-refractivity contribution in [2.75, 3.05) is 6.61 Å². The molecule has 0 radical (unpaired) electrons. The van der Waals surface area contributed by atoms with Gasteiger partial charge in [0, 0.05) is 22.7 Å². The maximum Gasteiger partial charge on any atom is 0.347 e. The summed E-state index contributed by atoms with van der Waals surface area (Å²) in [6, 6.07) is 6.17. The Kier molecular flexibility index (Phi) is 4.62. The number of aromatic carboxylic acids is 1. The lowest BCUT2D eigenvalue weighted by Crippen LogP contribution is -2.33. The molecule has 0 spiro atoms. The number of thiophene rings is 1. The van der Waals surface area contributed by atoms with Crippen LogP contribution in [0, 0.1) is 0 Å². The Bertz CT molecular complexity index is 766. The van der Waals surface area contributed by atoms with E-state index in [0.29, 0.717) is 10.1 Å². The van der Waals surface area contributed by atoms with Gasteiger partial charge < -0.3 is 10.2 Å². The first-order chi connectivity index (χ1) is 9.86. The van der Waals surface area contributed by atoms with Crippen LogP contribution in [0.1, 0.15) is 23.0 Å². The van der Waals surface area contributed by atoms with Gasteiger partial charge in [-0.1, -0.05) is 18.2 Å². The van der Waals surface area contributed by atoms with Crippen molar-refractivity contribution in [3.8, 4) is 0 Å². The lowest BCUT2D eigenvalue weighted by Gasteiger charge is -2.13. The third-order valence-corrected chi connectivity index (χ3v) is 5.89. The normalized spacial score (nSPS) is 13.4. The summed E-state index contributed by atoms with van der Waals surface area (Å²) < 4.78 is 27.9. The molecular formula is C13H15NO5S2. The second-order valence-corrected chi connectivity index (χ2v) is 7.30. The van der Waals surface area contributed by atoms with E-state index in [1.54, 1.807) is 31.2 Å². The summed E-state index contributed by atoms with van der Waals surface area (Å²) in [4.78, 5) is 10.9. The smallest absolute Gasteiger partial charge is 0.347 e. The summed E-state index contributed by atoms with van der Waals surface area (Å²) in [5.74, 6) is -1.27. The highest BCUT2D eigenvalue weighted by atomic mass is 32.2. The minimum absolute atomic E-state index is 0.153. The molecule has 3 N–H and O–H groups in total. The van der Waals surface area contributed by atoms with Crippen molar-refractivity contribution in [3.05, 3.63) is 29.1 Å². The van der Waals surface area contributed by atoms with Gasteiger partial charge in [0.2, 0.25) is 10.0 Å². The Morgan fingerprint density at radius 2 is 2.05 bits per heavy atom. The molecule has 1 atom stereocenters. The summed E-state index contributed by atoms with van der Waals surface area (Å²) in [6.07, 6.45) is 0.254. The first kappa shape index (κ1) is 15.9. The van der Waals surface area contributed by atoms with Gasteiger partial charge in [-0.2, -0.15) is 0 Å². The van der Waals surface area contributed by atoms with E-state index in [2.05, 4.69) is 4.72 Å². The number of carbonyl (C=O) groups is 1. The molecule has 6 nitrogen and oxygen atoms in total. The molecule has 0 saturated carbocycles. The molecule has 0 fully saturated rings. The van der Waals surface area contributed by atoms with Gasteiger partial charge in [-0.15, -0.1) is 11.3 Å². The fourth-order valence-electron chi connectivity index (χ4n) is 2.01. The van der Waals surface area contributed by atoms with E-state index in [1.165, 1.54) is 0 Å². The standard InChI is InChI=1S/C13H15NO5S2/c1-8(6-7-15)14-21(18,19)12-9-4-2-3-5-10(9)20-11(12)13(16)17/h2-5,8,14-15H,6-7H2,1H3,(H,16,17). The molecule has 1 unspecified atom stereocenters. The molecule has 1 aromatic heterocycles. The molecule has 2 rings (SSSR count). The second kappa shape index (κ2) is 6.10. The van der Waals surface area contributed by atoms with Crippen molar-refractivity contribution >= 4 is 37.4 Å². The monoisotopic (exact) mass is 329 g/mol. The van der Waals surface area contributed by atoms with Gasteiger partial charge in [0.15, 0.2) is 0 Å². The van der Waals surface area contributed by atoms with Crippen molar-refractivity contribution in [1.82, 2.24) is 4.72 Å². The number of hydrogen-bond donors (Lipinski definition) is 3. The molecule has 0 aliphatic rings. The van der Waals surface area contributed by atoms with Crippen LogP contribution in [0.15, 0.2) is 29.2 Å². The molecule has 21 heavy (non-hydrogen) atoms. The van der Waals surface area contributed by atoms with E-state index in [-0.39, 0.29) is 22.8 Å². The molecule has 0 bridgehead atoms. The van der Waals surface area contributed by atoms with Crippen LogP contribution in [0.3, 0.4) is 0 Å². The zero-order valence-electron chi connectivity index (χ0n) is 11.2.